The highest BCUT2D eigenvalue weighted by Gasteiger charge is 2.48. The van der Waals surface area contributed by atoms with Crippen molar-refractivity contribution in [3.05, 3.63) is 29.2 Å². The number of piperidine rings is 1. The van der Waals surface area contributed by atoms with E-state index in [2.05, 4.69) is 30.4 Å². The van der Waals surface area contributed by atoms with Crippen molar-refractivity contribution in [1.82, 2.24) is 29.9 Å². The Morgan fingerprint density at radius 2 is 2.05 bits per heavy atom. The highest BCUT2D eigenvalue weighted by molar-refractivity contribution is 5.94. The molecule has 13 nitrogen and oxygen atoms in total. The van der Waals surface area contributed by atoms with E-state index in [9.17, 15) is 9.59 Å². The number of carbonyl (C=O) groups is 2. The number of hydrogen-bond acceptors (Lipinski definition) is 10. The van der Waals surface area contributed by atoms with Gasteiger partial charge >= 0.3 is 6.09 Å². The molecule has 1 unspecified atom stereocenters. The first-order valence-corrected chi connectivity index (χ1v) is 13.2. The monoisotopic (exact) mass is 537 g/mol. The third-order valence-corrected chi connectivity index (χ3v) is 8.04. The Hall–Kier alpha value is -3.91. The van der Waals surface area contributed by atoms with Crippen molar-refractivity contribution in [1.29, 1.82) is 0 Å². The smallest absolute Gasteiger partial charge is 0.416 e. The number of nitrogens with one attached hydrogen (secondary N) is 1. The lowest BCUT2D eigenvalue weighted by molar-refractivity contribution is -0.118. The maximum absolute atomic E-state index is 15.3. The van der Waals surface area contributed by atoms with Crippen LogP contribution in [0.5, 0.6) is 5.88 Å². The van der Waals surface area contributed by atoms with E-state index in [1.54, 1.807) is 0 Å². The summed E-state index contributed by atoms with van der Waals surface area (Å²) in [5, 5.41) is 11.3. The Balaban J connectivity index is 0.980. The van der Waals surface area contributed by atoms with Gasteiger partial charge in [0.15, 0.2) is 24.1 Å². The average Bonchev–Trinajstić information content (AvgIpc) is 3.61. The van der Waals surface area contributed by atoms with Gasteiger partial charge in [0.25, 0.3) is 11.8 Å². The topological polar surface area (TPSA) is 154 Å². The summed E-state index contributed by atoms with van der Waals surface area (Å²) < 4.78 is 26.4. The number of hydrogen-bond donors (Lipinski definition) is 2. The molecule has 3 aromatic rings. The molecule has 39 heavy (non-hydrogen) atoms. The zero-order valence-corrected chi connectivity index (χ0v) is 21.2. The molecule has 2 saturated heterocycles. The summed E-state index contributed by atoms with van der Waals surface area (Å²) in [6.07, 6.45) is 3.82. The summed E-state index contributed by atoms with van der Waals surface area (Å²) in [6, 6.07) is 1.96. The predicted octanol–water partition coefficient (Wildman–Crippen LogP) is 0.856. The number of nitrogens with zero attached hydrogens (tertiary/aromatic N) is 7. The summed E-state index contributed by atoms with van der Waals surface area (Å²) in [6.45, 7) is 3.49. The Morgan fingerprint density at radius 3 is 2.87 bits per heavy atom. The highest BCUT2D eigenvalue weighted by atomic mass is 19.1. The van der Waals surface area contributed by atoms with Crippen molar-refractivity contribution >= 4 is 34.7 Å². The number of aromatic nitrogens is 5. The SMILES string of the molecule is NCCn1nc2cc3c(c(F)c2n1)CC(CN1CCC2(CC1)CN(c1cnc4c(n1)NC(=O)CO4)C(=O)O2)C3. The van der Waals surface area contributed by atoms with Gasteiger partial charge in [-0.25, -0.2) is 19.2 Å². The van der Waals surface area contributed by atoms with Gasteiger partial charge in [0, 0.05) is 39.0 Å². The molecule has 2 aromatic heterocycles. The molecule has 1 spiro atoms. The molecule has 204 valence electrons. The van der Waals surface area contributed by atoms with Crippen molar-refractivity contribution in [2.45, 2.75) is 37.8 Å². The number of benzene rings is 1. The third kappa shape index (κ3) is 4.23. The minimum atomic E-state index is -0.602. The van der Waals surface area contributed by atoms with Crippen molar-refractivity contribution < 1.29 is 23.5 Å². The number of fused-ring (bicyclic) bond motifs is 3. The maximum Gasteiger partial charge on any atom is 0.416 e. The molecular weight excluding hydrogens is 509 g/mol. The maximum atomic E-state index is 15.3. The summed E-state index contributed by atoms with van der Waals surface area (Å²) in [7, 11) is 0. The van der Waals surface area contributed by atoms with Crippen LogP contribution in [-0.2, 0) is 28.9 Å². The zero-order valence-electron chi connectivity index (χ0n) is 21.2. The molecule has 0 saturated carbocycles. The van der Waals surface area contributed by atoms with Crippen LogP contribution in [0.15, 0.2) is 12.3 Å². The van der Waals surface area contributed by atoms with Crippen LogP contribution in [0.1, 0.15) is 24.0 Å². The molecule has 1 atom stereocenters. The largest absolute Gasteiger partial charge is 0.465 e. The first kappa shape index (κ1) is 24.2. The molecule has 3 N–H and O–H groups in total. The first-order chi connectivity index (χ1) is 18.9. The van der Waals surface area contributed by atoms with Gasteiger partial charge in [0.2, 0.25) is 0 Å². The zero-order chi connectivity index (χ0) is 26.7. The van der Waals surface area contributed by atoms with Gasteiger partial charge in [-0.2, -0.15) is 15.0 Å². The molecule has 7 rings (SSSR count). The molecule has 5 heterocycles. The average molecular weight is 538 g/mol. The van der Waals surface area contributed by atoms with Crippen LogP contribution in [0.25, 0.3) is 11.0 Å². The van der Waals surface area contributed by atoms with Gasteiger partial charge in [-0.3, -0.25) is 9.69 Å². The lowest BCUT2D eigenvalue weighted by Gasteiger charge is -2.38. The summed E-state index contributed by atoms with van der Waals surface area (Å²) >= 11 is 0. The second-order valence-electron chi connectivity index (χ2n) is 10.7. The molecule has 1 aliphatic carbocycles. The lowest BCUT2D eigenvalue weighted by Crippen LogP contribution is -2.48. The molecule has 2 fully saturated rings. The van der Waals surface area contributed by atoms with Gasteiger partial charge in [-0.1, -0.05) is 0 Å². The standard InChI is InChI=1S/C25H28FN9O4/c26-20-16-8-14(7-15(16)9-17-21(20)32-35(31-17)6-3-27)11-33-4-1-25(2-5-33)13-34(24(37)39-25)18-10-28-23-22(29-18)30-19(36)12-38-23/h9-10,14H,1-8,11-13,27H2,(H,29,30,36). The number of halogens is 1. The van der Waals surface area contributed by atoms with Gasteiger partial charge < -0.3 is 25.4 Å². The number of nitrogens with two attached hydrogens (primary N) is 1. The molecular formula is C25H28FN9O4. The minimum absolute atomic E-state index is 0.115. The van der Waals surface area contributed by atoms with Crippen LogP contribution in [-0.4, -0.2) is 86.8 Å². The first-order valence-electron chi connectivity index (χ1n) is 13.2. The number of anilines is 2. The number of likely N-dealkylation sites (tertiary alicyclic amines) is 1. The van der Waals surface area contributed by atoms with E-state index >= 15 is 4.39 Å². The molecule has 4 aliphatic rings. The summed E-state index contributed by atoms with van der Waals surface area (Å²) in [5.41, 5.74) is 7.62. The van der Waals surface area contributed by atoms with Gasteiger partial charge in [0.05, 0.1) is 19.3 Å². The molecule has 0 radical (unpaired) electrons. The number of ether oxygens (including phenoxy) is 2. The quantitative estimate of drug-likeness (QED) is 0.479. The Morgan fingerprint density at radius 1 is 1.21 bits per heavy atom. The Labute approximate surface area is 222 Å². The Kier molecular flexibility index (Phi) is 5.63. The second kappa shape index (κ2) is 9.09. The van der Waals surface area contributed by atoms with Crippen LogP contribution in [0.4, 0.5) is 20.8 Å². The fourth-order valence-electron chi connectivity index (χ4n) is 6.13. The van der Waals surface area contributed by atoms with Gasteiger partial charge in [-0.05, 0) is 36.0 Å². The van der Waals surface area contributed by atoms with E-state index in [0.29, 0.717) is 61.7 Å². The van der Waals surface area contributed by atoms with Gasteiger partial charge in [0.1, 0.15) is 16.6 Å². The normalized spacial score (nSPS) is 22.1. The van der Waals surface area contributed by atoms with Gasteiger partial charge in [-0.15, -0.1) is 0 Å². The molecule has 14 heteroatoms. The predicted molar refractivity (Wildman–Crippen MR) is 136 cm³/mol. The van der Waals surface area contributed by atoms with Crippen molar-refractivity contribution in [3.8, 4) is 5.88 Å². The van der Waals surface area contributed by atoms with Crippen LogP contribution < -0.4 is 20.7 Å². The summed E-state index contributed by atoms with van der Waals surface area (Å²) in [5.74, 6) is 0.452. The molecule has 1 aromatic carbocycles. The molecule has 0 bridgehead atoms. The van der Waals surface area contributed by atoms with Crippen molar-refractivity contribution in [3.63, 3.8) is 0 Å². The fourth-order valence-corrected chi connectivity index (χ4v) is 6.13. The van der Waals surface area contributed by atoms with Crippen LogP contribution >= 0.6 is 0 Å². The number of carbonyl (C=O) groups excluding carboxylic acids is 2. The lowest BCUT2D eigenvalue weighted by atomic mass is 9.90. The second-order valence-corrected chi connectivity index (χ2v) is 10.7. The van der Waals surface area contributed by atoms with E-state index in [1.165, 1.54) is 15.9 Å². The molecule has 2 amide bonds. The number of rotatable bonds is 5. The fraction of sp³-hybridized carbons (Fsp3) is 0.520. The highest BCUT2D eigenvalue weighted by Crippen LogP contribution is 2.38. The van der Waals surface area contributed by atoms with Crippen molar-refractivity contribution in [2.24, 2.45) is 11.7 Å². The minimum Gasteiger partial charge on any atom is -0.465 e. The molecule has 3 aliphatic heterocycles. The third-order valence-electron chi connectivity index (χ3n) is 8.04. The van der Waals surface area contributed by atoms with Crippen LogP contribution in [0.2, 0.25) is 0 Å². The van der Waals surface area contributed by atoms with E-state index in [-0.39, 0.29) is 30.0 Å². The number of amides is 2. The van der Waals surface area contributed by atoms with Crippen LogP contribution in [0.3, 0.4) is 0 Å². The summed E-state index contributed by atoms with van der Waals surface area (Å²) in [4.78, 5) is 38.3. The van der Waals surface area contributed by atoms with E-state index in [1.807, 2.05) is 6.07 Å². The van der Waals surface area contributed by atoms with E-state index in [0.717, 1.165) is 37.2 Å². The van der Waals surface area contributed by atoms with Crippen molar-refractivity contribution in [2.75, 3.05) is 49.5 Å². The van der Waals surface area contributed by atoms with Crippen LogP contribution in [0, 0.1) is 11.7 Å². The Bertz CT molecular complexity index is 1490. The van der Waals surface area contributed by atoms with E-state index < -0.39 is 11.7 Å². The van der Waals surface area contributed by atoms with E-state index in [4.69, 9.17) is 15.2 Å².